The number of rotatable bonds is 6. The highest BCUT2D eigenvalue weighted by molar-refractivity contribution is 6.33. The van der Waals surface area contributed by atoms with Crippen molar-refractivity contribution in [3.63, 3.8) is 0 Å². The Bertz CT molecular complexity index is 592. The second-order valence-electron chi connectivity index (χ2n) is 5.01. The Morgan fingerprint density at radius 3 is 2.76 bits per heavy atom. The minimum atomic E-state index is 0.436. The molecule has 112 valence electrons. The average Bonchev–Trinajstić information content (AvgIpc) is 2.44. The van der Waals surface area contributed by atoms with Crippen LogP contribution in [-0.2, 0) is 0 Å². The Morgan fingerprint density at radius 2 is 2.05 bits per heavy atom. The SMILES string of the molecule is CCCCNc1cnnc(Nc2c(C)cc(C)cc2Cl)n1. The number of nitrogens with one attached hydrogen (secondary N) is 2. The highest BCUT2D eigenvalue weighted by Gasteiger charge is 2.08. The van der Waals surface area contributed by atoms with Crippen LogP contribution in [0.15, 0.2) is 18.3 Å². The lowest BCUT2D eigenvalue weighted by molar-refractivity contribution is 0.827. The summed E-state index contributed by atoms with van der Waals surface area (Å²) in [5.74, 6) is 1.15. The van der Waals surface area contributed by atoms with Crippen molar-refractivity contribution in [2.45, 2.75) is 33.6 Å². The molecule has 21 heavy (non-hydrogen) atoms. The lowest BCUT2D eigenvalue weighted by Crippen LogP contribution is -2.07. The van der Waals surface area contributed by atoms with E-state index >= 15 is 0 Å². The van der Waals surface area contributed by atoms with Gasteiger partial charge in [-0.2, -0.15) is 10.1 Å². The van der Waals surface area contributed by atoms with E-state index in [-0.39, 0.29) is 0 Å². The highest BCUT2D eigenvalue weighted by atomic mass is 35.5. The minimum absolute atomic E-state index is 0.436. The van der Waals surface area contributed by atoms with E-state index in [0.717, 1.165) is 36.2 Å². The third-order valence-electron chi connectivity index (χ3n) is 3.06. The fraction of sp³-hybridized carbons (Fsp3) is 0.400. The number of benzene rings is 1. The maximum Gasteiger partial charge on any atom is 0.249 e. The lowest BCUT2D eigenvalue weighted by Gasteiger charge is -2.11. The average molecular weight is 306 g/mol. The molecule has 0 saturated heterocycles. The number of hydrogen-bond donors (Lipinski definition) is 2. The molecule has 0 atom stereocenters. The third kappa shape index (κ3) is 4.29. The van der Waals surface area contributed by atoms with Crippen LogP contribution >= 0.6 is 11.6 Å². The van der Waals surface area contributed by atoms with E-state index < -0.39 is 0 Å². The van der Waals surface area contributed by atoms with Gasteiger partial charge in [-0.3, -0.25) is 0 Å². The molecule has 1 aromatic heterocycles. The van der Waals surface area contributed by atoms with Gasteiger partial charge in [-0.05, 0) is 37.5 Å². The van der Waals surface area contributed by atoms with Gasteiger partial charge in [0.1, 0.15) is 0 Å². The molecule has 2 aromatic rings. The van der Waals surface area contributed by atoms with Gasteiger partial charge in [0.2, 0.25) is 5.95 Å². The number of anilines is 3. The van der Waals surface area contributed by atoms with Crippen LogP contribution in [0.3, 0.4) is 0 Å². The van der Waals surface area contributed by atoms with Crippen LogP contribution in [0.1, 0.15) is 30.9 Å². The van der Waals surface area contributed by atoms with Crippen LogP contribution in [0.5, 0.6) is 0 Å². The first kappa shape index (κ1) is 15.5. The van der Waals surface area contributed by atoms with E-state index in [4.69, 9.17) is 11.6 Å². The van der Waals surface area contributed by atoms with Crippen molar-refractivity contribution in [2.24, 2.45) is 0 Å². The second kappa shape index (κ2) is 7.22. The van der Waals surface area contributed by atoms with E-state index in [1.165, 1.54) is 0 Å². The normalized spacial score (nSPS) is 10.5. The summed E-state index contributed by atoms with van der Waals surface area (Å²) in [7, 11) is 0. The summed E-state index contributed by atoms with van der Waals surface area (Å²) in [5.41, 5.74) is 2.99. The topological polar surface area (TPSA) is 62.7 Å². The highest BCUT2D eigenvalue weighted by Crippen LogP contribution is 2.29. The lowest BCUT2D eigenvalue weighted by atomic mass is 10.1. The van der Waals surface area contributed by atoms with Crippen LogP contribution < -0.4 is 10.6 Å². The zero-order chi connectivity index (χ0) is 15.2. The Hall–Kier alpha value is -1.88. The van der Waals surface area contributed by atoms with Crippen molar-refractivity contribution >= 4 is 29.1 Å². The molecular weight excluding hydrogens is 286 g/mol. The first-order valence-electron chi connectivity index (χ1n) is 7.07. The van der Waals surface area contributed by atoms with E-state index in [0.29, 0.717) is 16.8 Å². The van der Waals surface area contributed by atoms with Gasteiger partial charge in [0.25, 0.3) is 0 Å². The Balaban J connectivity index is 2.15. The number of halogens is 1. The van der Waals surface area contributed by atoms with Crippen molar-refractivity contribution in [1.82, 2.24) is 15.2 Å². The van der Waals surface area contributed by atoms with Gasteiger partial charge in [-0.15, -0.1) is 5.10 Å². The molecule has 0 aliphatic heterocycles. The fourth-order valence-electron chi connectivity index (χ4n) is 2.02. The van der Waals surface area contributed by atoms with Crippen molar-refractivity contribution in [3.05, 3.63) is 34.5 Å². The van der Waals surface area contributed by atoms with Gasteiger partial charge in [0.05, 0.1) is 16.9 Å². The summed E-state index contributed by atoms with van der Waals surface area (Å²) in [6.45, 7) is 7.03. The summed E-state index contributed by atoms with van der Waals surface area (Å²) in [4.78, 5) is 4.39. The van der Waals surface area contributed by atoms with Gasteiger partial charge < -0.3 is 10.6 Å². The molecule has 0 bridgehead atoms. The molecular formula is C15H20ClN5. The van der Waals surface area contributed by atoms with Crippen LogP contribution in [0.4, 0.5) is 17.5 Å². The minimum Gasteiger partial charge on any atom is -0.369 e. The number of aromatic nitrogens is 3. The monoisotopic (exact) mass is 305 g/mol. The van der Waals surface area contributed by atoms with E-state index in [2.05, 4.69) is 38.8 Å². The van der Waals surface area contributed by atoms with Crippen LogP contribution in [0, 0.1) is 13.8 Å². The first-order chi connectivity index (χ1) is 10.1. The zero-order valence-corrected chi connectivity index (χ0v) is 13.3. The molecule has 0 unspecified atom stereocenters. The standard InChI is InChI=1S/C15H20ClN5/c1-4-5-6-17-13-9-18-21-15(19-13)20-14-11(3)7-10(2)8-12(14)16/h7-9H,4-6H2,1-3H3,(H2,17,19,20,21). The molecule has 1 heterocycles. The molecule has 0 saturated carbocycles. The van der Waals surface area contributed by atoms with E-state index in [1.54, 1.807) is 6.20 Å². The summed E-state index contributed by atoms with van der Waals surface area (Å²) < 4.78 is 0. The van der Waals surface area contributed by atoms with Crippen molar-refractivity contribution in [2.75, 3.05) is 17.2 Å². The Kier molecular flexibility index (Phi) is 5.33. The number of unbranched alkanes of at least 4 members (excludes halogenated alkanes) is 1. The molecule has 0 fully saturated rings. The largest absolute Gasteiger partial charge is 0.369 e. The van der Waals surface area contributed by atoms with Gasteiger partial charge in [0, 0.05) is 6.54 Å². The predicted octanol–water partition coefficient (Wildman–Crippen LogP) is 4.10. The second-order valence-corrected chi connectivity index (χ2v) is 5.42. The van der Waals surface area contributed by atoms with Gasteiger partial charge >= 0.3 is 0 Å². The molecule has 0 aliphatic rings. The van der Waals surface area contributed by atoms with Crippen molar-refractivity contribution < 1.29 is 0 Å². The van der Waals surface area contributed by atoms with Crippen molar-refractivity contribution in [1.29, 1.82) is 0 Å². The Morgan fingerprint density at radius 1 is 1.24 bits per heavy atom. The van der Waals surface area contributed by atoms with Gasteiger partial charge in [-0.1, -0.05) is 31.0 Å². The summed E-state index contributed by atoms with van der Waals surface area (Å²) >= 11 is 6.27. The number of hydrogen-bond acceptors (Lipinski definition) is 5. The first-order valence-corrected chi connectivity index (χ1v) is 7.45. The van der Waals surface area contributed by atoms with Crippen molar-refractivity contribution in [3.8, 4) is 0 Å². The summed E-state index contributed by atoms with van der Waals surface area (Å²) in [5, 5.41) is 15.0. The predicted molar refractivity (Wildman–Crippen MR) is 87.4 cm³/mol. The van der Waals surface area contributed by atoms with Gasteiger partial charge in [-0.25, -0.2) is 0 Å². The number of nitrogens with zero attached hydrogens (tertiary/aromatic N) is 3. The molecule has 0 radical (unpaired) electrons. The van der Waals surface area contributed by atoms with E-state index in [9.17, 15) is 0 Å². The molecule has 0 amide bonds. The number of aryl methyl sites for hydroxylation is 2. The smallest absolute Gasteiger partial charge is 0.249 e. The molecule has 5 nitrogen and oxygen atoms in total. The molecule has 2 N–H and O–H groups in total. The van der Waals surface area contributed by atoms with Crippen LogP contribution in [0.2, 0.25) is 5.02 Å². The maximum absolute atomic E-state index is 6.27. The Labute approximate surface area is 130 Å². The molecule has 1 aromatic carbocycles. The fourth-order valence-corrected chi connectivity index (χ4v) is 2.39. The van der Waals surface area contributed by atoms with E-state index in [1.807, 2.05) is 19.9 Å². The molecule has 6 heteroatoms. The van der Waals surface area contributed by atoms with Crippen LogP contribution in [0.25, 0.3) is 0 Å². The summed E-state index contributed by atoms with van der Waals surface area (Å²) in [6.07, 6.45) is 3.84. The van der Waals surface area contributed by atoms with Crippen LogP contribution in [-0.4, -0.2) is 21.7 Å². The third-order valence-corrected chi connectivity index (χ3v) is 3.36. The zero-order valence-electron chi connectivity index (χ0n) is 12.6. The quantitative estimate of drug-likeness (QED) is 0.787. The molecule has 0 aliphatic carbocycles. The molecule has 0 spiro atoms. The summed E-state index contributed by atoms with van der Waals surface area (Å²) in [6, 6.07) is 3.97. The molecule has 2 rings (SSSR count). The van der Waals surface area contributed by atoms with Gasteiger partial charge in [0.15, 0.2) is 5.82 Å². The maximum atomic E-state index is 6.27.